The van der Waals surface area contributed by atoms with Crippen molar-refractivity contribution in [3.05, 3.63) is 47.0 Å². The lowest BCUT2D eigenvalue weighted by molar-refractivity contribution is 0.0949. The summed E-state index contributed by atoms with van der Waals surface area (Å²) in [4.78, 5) is 16.9. The van der Waals surface area contributed by atoms with Gasteiger partial charge in [0.2, 0.25) is 0 Å². The van der Waals surface area contributed by atoms with Gasteiger partial charge < -0.3 is 0 Å². The molecule has 0 spiro atoms. The predicted octanol–water partition coefficient (Wildman–Crippen LogP) is 2.04. The van der Waals surface area contributed by atoms with Gasteiger partial charge in [0.25, 0.3) is 0 Å². The fourth-order valence-electron chi connectivity index (χ4n) is 2.69. The fourth-order valence-corrected chi connectivity index (χ4v) is 2.69. The molecule has 4 nitrogen and oxygen atoms in total. The molecule has 0 bridgehead atoms. The van der Waals surface area contributed by atoms with Crippen LogP contribution in [0, 0.1) is 6.92 Å². The van der Waals surface area contributed by atoms with Gasteiger partial charge in [0, 0.05) is 13.2 Å². The maximum Gasteiger partial charge on any atom is 0.189 e. The number of hydrogen-bond acceptors (Lipinski definition) is 3. The van der Waals surface area contributed by atoms with Crippen LogP contribution in [-0.2, 0) is 13.5 Å². The molecule has 0 aliphatic heterocycles. The summed E-state index contributed by atoms with van der Waals surface area (Å²) in [5, 5.41) is 4.23. The molecule has 2 heterocycles. The maximum atomic E-state index is 12.5. The topological polar surface area (TPSA) is 47.8 Å². The summed E-state index contributed by atoms with van der Waals surface area (Å²) < 4.78 is 1.67. The van der Waals surface area contributed by atoms with E-state index in [1.54, 1.807) is 10.9 Å². The molecule has 2 aromatic heterocycles. The van der Waals surface area contributed by atoms with E-state index in [1.165, 1.54) is 5.56 Å². The Morgan fingerprint density at radius 3 is 3.06 bits per heavy atom. The van der Waals surface area contributed by atoms with E-state index in [1.807, 2.05) is 26.1 Å². The van der Waals surface area contributed by atoms with Crippen molar-refractivity contribution < 1.29 is 4.79 Å². The number of fused-ring (bicyclic) bond motifs is 1. The Labute approximate surface area is 106 Å². The number of aromatic nitrogens is 3. The van der Waals surface area contributed by atoms with Gasteiger partial charge in [0.05, 0.1) is 17.3 Å². The standard InChI is InChI=1S/C14H15N3O/c1-9-8-12(17(2)16-9)14(18)11-6-5-10-4-3-7-15-13(10)11/h3-4,7-8,11H,5-6H2,1-2H3. The van der Waals surface area contributed by atoms with Crippen molar-refractivity contribution in [3.8, 4) is 0 Å². The molecule has 4 heteroatoms. The molecule has 1 atom stereocenters. The Balaban J connectivity index is 1.98. The van der Waals surface area contributed by atoms with Crippen LogP contribution < -0.4 is 0 Å². The zero-order valence-corrected chi connectivity index (χ0v) is 10.6. The summed E-state index contributed by atoms with van der Waals surface area (Å²) in [5.41, 5.74) is 3.70. The number of Topliss-reactive ketones (excluding diaryl/α,β-unsaturated/α-hetero) is 1. The lowest BCUT2D eigenvalue weighted by Gasteiger charge is -2.09. The van der Waals surface area contributed by atoms with E-state index in [4.69, 9.17) is 0 Å². The molecule has 92 valence electrons. The third-order valence-corrected chi connectivity index (χ3v) is 3.53. The molecule has 0 fully saturated rings. The van der Waals surface area contributed by atoms with E-state index in [0.717, 1.165) is 24.2 Å². The van der Waals surface area contributed by atoms with Crippen LogP contribution in [0.25, 0.3) is 0 Å². The van der Waals surface area contributed by atoms with E-state index >= 15 is 0 Å². The number of rotatable bonds is 2. The Morgan fingerprint density at radius 2 is 2.33 bits per heavy atom. The van der Waals surface area contributed by atoms with E-state index in [9.17, 15) is 4.79 Å². The van der Waals surface area contributed by atoms with Crippen LogP contribution in [0.5, 0.6) is 0 Å². The highest BCUT2D eigenvalue weighted by Crippen LogP contribution is 2.33. The summed E-state index contributed by atoms with van der Waals surface area (Å²) in [6.07, 6.45) is 3.56. The van der Waals surface area contributed by atoms with Crippen LogP contribution in [0.4, 0.5) is 0 Å². The quantitative estimate of drug-likeness (QED) is 0.756. The van der Waals surface area contributed by atoms with Crippen LogP contribution >= 0.6 is 0 Å². The first-order chi connectivity index (χ1) is 8.66. The molecule has 1 aliphatic carbocycles. The van der Waals surface area contributed by atoms with Crippen molar-refractivity contribution in [1.29, 1.82) is 0 Å². The van der Waals surface area contributed by atoms with Gasteiger partial charge >= 0.3 is 0 Å². The summed E-state index contributed by atoms with van der Waals surface area (Å²) in [7, 11) is 1.81. The van der Waals surface area contributed by atoms with Crippen molar-refractivity contribution in [2.75, 3.05) is 0 Å². The Hall–Kier alpha value is -1.97. The van der Waals surface area contributed by atoms with Gasteiger partial charge in [-0.05, 0) is 37.5 Å². The normalized spacial score (nSPS) is 17.8. The van der Waals surface area contributed by atoms with Gasteiger partial charge in [-0.1, -0.05) is 6.07 Å². The number of ketones is 1. The average Bonchev–Trinajstić information content (AvgIpc) is 2.92. The number of aryl methyl sites for hydroxylation is 3. The van der Waals surface area contributed by atoms with Crippen LogP contribution in [0.15, 0.2) is 24.4 Å². The third kappa shape index (κ3) is 1.65. The minimum Gasteiger partial charge on any atom is -0.292 e. The smallest absolute Gasteiger partial charge is 0.189 e. The van der Waals surface area contributed by atoms with Crippen LogP contribution in [0.2, 0.25) is 0 Å². The first-order valence-corrected chi connectivity index (χ1v) is 6.15. The molecule has 1 unspecified atom stereocenters. The van der Waals surface area contributed by atoms with E-state index in [2.05, 4.69) is 16.1 Å². The monoisotopic (exact) mass is 241 g/mol. The Kier molecular flexibility index (Phi) is 2.51. The minimum absolute atomic E-state index is 0.101. The van der Waals surface area contributed by atoms with Crippen LogP contribution in [0.1, 0.15) is 39.8 Å². The number of hydrogen-bond donors (Lipinski definition) is 0. The highest BCUT2D eigenvalue weighted by atomic mass is 16.1. The predicted molar refractivity (Wildman–Crippen MR) is 67.6 cm³/mol. The molecular formula is C14H15N3O. The Bertz CT molecular complexity index is 615. The van der Waals surface area contributed by atoms with Crippen molar-refractivity contribution in [1.82, 2.24) is 14.8 Å². The average molecular weight is 241 g/mol. The summed E-state index contributed by atoms with van der Waals surface area (Å²) >= 11 is 0. The minimum atomic E-state index is -0.101. The number of carbonyl (C=O) groups is 1. The molecule has 0 saturated heterocycles. The molecule has 2 aromatic rings. The van der Waals surface area contributed by atoms with Gasteiger partial charge in [-0.3, -0.25) is 14.5 Å². The second-order valence-corrected chi connectivity index (χ2v) is 4.80. The summed E-state index contributed by atoms with van der Waals surface area (Å²) in [6, 6.07) is 5.84. The van der Waals surface area contributed by atoms with Crippen LogP contribution in [0.3, 0.4) is 0 Å². The van der Waals surface area contributed by atoms with E-state index in [-0.39, 0.29) is 11.7 Å². The maximum absolute atomic E-state index is 12.5. The highest BCUT2D eigenvalue weighted by Gasteiger charge is 2.31. The van der Waals surface area contributed by atoms with E-state index < -0.39 is 0 Å². The van der Waals surface area contributed by atoms with Gasteiger partial charge in [0.15, 0.2) is 5.78 Å². The van der Waals surface area contributed by atoms with Gasteiger partial charge in [-0.2, -0.15) is 5.10 Å². The second kappa shape index (κ2) is 4.05. The molecular weight excluding hydrogens is 226 g/mol. The van der Waals surface area contributed by atoms with Crippen molar-refractivity contribution in [3.63, 3.8) is 0 Å². The largest absolute Gasteiger partial charge is 0.292 e. The Morgan fingerprint density at radius 1 is 1.50 bits per heavy atom. The van der Waals surface area contributed by atoms with Crippen LogP contribution in [-0.4, -0.2) is 20.5 Å². The van der Waals surface area contributed by atoms with Gasteiger partial charge in [-0.15, -0.1) is 0 Å². The van der Waals surface area contributed by atoms with E-state index in [0.29, 0.717) is 5.69 Å². The van der Waals surface area contributed by atoms with Crippen molar-refractivity contribution in [2.45, 2.75) is 25.7 Å². The molecule has 0 radical (unpaired) electrons. The first kappa shape index (κ1) is 11.1. The molecule has 0 saturated carbocycles. The van der Waals surface area contributed by atoms with Gasteiger partial charge in [0.1, 0.15) is 5.69 Å². The number of pyridine rings is 1. The van der Waals surface area contributed by atoms with Gasteiger partial charge in [-0.25, -0.2) is 0 Å². The second-order valence-electron chi connectivity index (χ2n) is 4.80. The molecule has 18 heavy (non-hydrogen) atoms. The first-order valence-electron chi connectivity index (χ1n) is 6.15. The molecule has 0 amide bonds. The summed E-state index contributed by atoms with van der Waals surface area (Å²) in [5.74, 6) is 0.0338. The highest BCUT2D eigenvalue weighted by molar-refractivity contribution is 6.00. The van der Waals surface area contributed by atoms with Crippen molar-refractivity contribution >= 4 is 5.78 Å². The number of carbonyl (C=O) groups excluding carboxylic acids is 1. The molecule has 0 aromatic carbocycles. The molecule has 0 N–H and O–H groups in total. The zero-order chi connectivity index (χ0) is 12.7. The molecule has 3 rings (SSSR count). The zero-order valence-electron chi connectivity index (χ0n) is 10.6. The molecule has 1 aliphatic rings. The fraction of sp³-hybridized carbons (Fsp3) is 0.357. The number of nitrogens with zero attached hydrogens (tertiary/aromatic N) is 3. The van der Waals surface area contributed by atoms with Crippen molar-refractivity contribution in [2.24, 2.45) is 7.05 Å². The lowest BCUT2D eigenvalue weighted by Crippen LogP contribution is -2.15. The lowest BCUT2D eigenvalue weighted by atomic mass is 9.98. The SMILES string of the molecule is Cc1cc(C(=O)C2CCc3cccnc32)n(C)n1. The summed E-state index contributed by atoms with van der Waals surface area (Å²) in [6.45, 7) is 1.90. The third-order valence-electron chi connectivity index (χ3n) is 3.53.